The van der Waals surface area contributed by atoms with E-state index in [1.54, 1.807) is 0 Å². The van der Waals surface area contributed by atoms with Gasteiger partial charge in [-0.3, -0.25) is 5.84 Å². The fourth-order valence-electron chi connectivity index (χ4n) is 1.80. The summed E-state index contributed by atoms with van der Waals surface area (Å²) in [6.45, 7) is 6.75. The molecular formula is C12H24N4O. The second-order valence-corrected chi connectivity index (χ2v) is 4.10. The number of ether oxygens (including phenoxy) is 1. The quantitative estimate of drug-likeness (QED) is 0.391. The van der Waals surface area contributed by atoms with Gasteiger partial charge in [-0.05, 0) is 19.3 Å². The Morgan fingerprint density at radius 3 is 2.88 bits per heavy atom. The van der Waals surface area contributed by atoms with E-state index in [1.165, 1.54) is 0 Å². The van der Waals surface area contributed by atoms with Crippen LogP contribution in [-0.2, 0) is 11.3 Å². The molecule has 17 heavy (non-hydrogen) atoms. The molecule has 98 valence electrons. The Morgan fingerprint density at radius 2 is 2.24 bits per heavy atom. The van der Waals surface area contributed by atoms with Crippen molar-refractivity contribution in [2.24, 2.45) is 5.84 Å². The largest absolute Gasteiger partial charge is 0.381 e. The van der Waals surface area contributed by atoms with Crippen molar-refractivity contribution in [2.45, 2.75) is 45.7 Å². The van der Waals surface area contributed by atoms with Gasteiger partial charge in [0.1, 0.15) is 5.82 Å². The number of imidazole rings is 1. The number of hydrazine groups is 1. The van der Waals surface area contributed by atoms with Crippen LogP contribution in [0.15, 0.2) is 12.4 Å². The molecule has 1 heterocycles. The van der Waals surface area contributed by atoms with E-state index >= 15 is 0 Å². The van der Waals surface area contributed by atoms with Crippen molar-refractivity contribution in [2.75, 3.05) is 13.2 Å². The summed E-state index contributed by atoms with van der Waals surface area (Å²) in [6.07, 6.45) is 6.80. The zero-order chi connectivity index (χ0) is 12.5. The summed E-state index contributed by atoms with van der Waals surface area (Å²) in [5.41, 5.74) is 2.82. The second kappa shape index (κ2) is 8.22. The Morgan fingerprint density at radius 1 is 1.41 bits per heavy atom. The van der Waals surface area contributed by atoms with E-state index in [0.29, 0.717) is 6.61 Å². The molecule has 1 aromatic heterocycles. The monoisotopic (exact) mass is 240 g/mol. The highest BCUT2D eigenvalue weighted by molar-refractivity contribution is 4.99. The molecule has 1 atom stereocenters. The predicted molar refractivity (Wildman–Crippen MR) is 68.3 cm³/mol. The van der Waals surface area contributed by atoms with Crippen LogP contribution in [0.1, 0.15) is 45.0 Å². The number of nitrogens with zero attached hydrogens (tertiary/aromatic N) is 2. The molecule has 1 aromatic rings. The van der Waals surface area contributed by atoms with Crippen LogP contribution in [-0.4, -0.2) is 22.8 Å². The van der Waals surface area contributed by atoms with Crippen LogP contribution in [0.3, 0.4) is 0 Å². The summed E-state index contributed by atoms with van der Waals surface area (Å²) >= 11 is 0. The minimum Gasteiger partial charge on any atom is -0.381 e. The van der Waals surface area contributed by atoms with Gasteiger partial charge in [-0.1, -0.05) is 13.8 Å². The molecule has 0 spiro atoms. The highest BCUT2D eigenvalue weighted by atomic mass is 16.5. The summed E-state index contributed by atoms with van der Waals surface area (Å²) in [6, 6.07) is 0.0633. The van der Waals surface area contributed by atoms with Crippen molar-refractivity contribution in [1.82, 2.24) is 15.0 Å². The van der Waals surface area contributed by atoms with Crippen LogP contribution in [0.4, 0.5) is 0 Å². The van der Waals surface area contributed by atoms with Gasteiger partial charge in [0, 0.05) is 32.2 Å². The smallest absolute Gasteiger partial charge is 0.127 e. The molecule has 1 unspecified atom stereocenters. The molecule has 0 aliphatic rings. The van der Waals surface area contributed by atoms with E-state index in [0.717, 1.165) is 38.2 Å². The molecule has 0 radical (unpaired) electrons. The van der Waals surface area contributed by atoms with E-state index in [1.807, 2.05) is 12.4 Å². The van der Waals surface area contributed by atoms with Crippen LogP contribution < -0.4 is 11.3 Å². The van der Waals surface area contributed by atoms with Gasteiger partial charge in [0.15, 0.2) is 0 Å². The minimum absolute atomic E-state index is 0.0633. The van der Waals surface area contributed by atoms with Crippen LogP contribution in [0.25, 0.3) is 0 Å². The number of hydrogen-bond donors (Lipinski definition) is 2. The fourth-order valence-corrected chi connectivity index (χ4v) is 1.80. The lowest BCUT2D eigenvalue weighted by atomic mass is 10.2. The van der Waals surface area contributed by atoms with Crippen molar-refractivity contribution >= 4 is 0 Å². The average molecular weight is 240 g/mol. The van der Waals surface area contributed by atoms with E-state index in [-0.39, 0.29) is 6.04 Å². The van der Waals surface area contributed by atoms with Crippen molar-refractivity contribution in [1.29, 1.82) is 0 Å². The Kier molecular flexibility index (Phi) is 6.84. The van der Waals surface area contributed by atoms with E-state index < -0.39 is 0 Å². The first-order valence-corrected chi connectivity index (χ1v) is 6.38. The van der Waals surface area contributed by atoms with Crippen LogP contribution in [0.2, 0.25) is 0 Å². The third-order valence-corrected chi connectivity index (χ3v) is 2.62. The van der Waals surface area contributed by atoms with Crippen molar-refractivity contribution in [3.05, 3.63) is 18.2 Å². The number of nitrogens with two attached hydrogens (primary N) is 1. The van der Waals surface area contributed by atoms with Gasteiger partial charge in [0.2, 0.25) is 0 Å². The normalized spacial score (nSPS) is 12.9. The molecule has 0 fully saturated rings. The summed E-state index contributed by atoms with van der Waals surface area (Å²) in [7, 11) is 0. The zero-order valence-corrected chi connectivity index (χ0v) is 10.9. The van der Waals surface area contributed by atoms with Crippen molar-refractivity contribution in [3.63, 3.8) is 0 Å². The first-order chi connectivity index (χ1) is 8.33. The minimum atomic E-state index is 0.0633. The molecule has 0 bridgehead atoms. The number of rotatable bonds is 9. The lowest BCUT2D eigenvalue weighted by molar-refractivity contribution is 0.123. The Hall–Kier alpha value is -0.910. The third-order valence-electron chi connectivity index (χ3n) is 2.62. The van der Waals surface area contributed by atoms with Crippen molar-refractivity contribution in [3.8, 4) is 0 Å². The van der Waals surface area contributed by atoms with Crippen LogP contribution in [0.5, 0.6) is 0 Å². The molecule has 3 N–H and O–H groups in total. The summed E-state index contributed by atoms with van der Waals surface area (Å²) in [4.78, 5) is 4.37. The number of aromatic nitrogens is 2. The molecule has 0 aliphatic carbocycles. The van der Waals surface area contributed by atoms with Gasteiger partial charge in [-0.25, -0.2) is 10.4 Å². The predicted octanol–water partition coefficient (Wildman–Crippen LogP) is 1.61. The highest BCUT2D eigenvalue weighted by Gasteiger charge is 2.14. The molecule has 0 saturated heterocycles. The maximum Gasteiger partial charge on any atom is 0.127 e. The molecule has 1 rings (SSSR count). The summed E-state index contributed by atoms with van der Waals surface area (Å²) < 4.78 is 7.62. The summed E-state index contributed by atoms with van der Waals surface area (Å²) in [5.74, 6) is 6.58. The molecule has 0 aliphatic heterocycles. The summed E-state index contributed by atoms with van der Waals surface area (Å²) in [5, 5.41) is 0. The van der Waals surface area contributed by atoms with Crippen molar-refractivity contribution < 1.29 is 4.74 Å². The van der Waals surface area contributed by atoms with Gasteiger partial charge >= 0.3 is 0 Å². The Bertz CT molecular complexity index is 300. The molecule has 0 aromatic carbocycles. The molecule has 5 nitrogen and oxygen atoms in total. The number of aryl methyl sites for hydroxylation is 1. The fraction of sp³-hybridized carbons (Fsp3) is 0.750. The highest BCUT2D eigenvalue weighted by Crippen LogP contribution is 2.14. The van der Waals surface area contributed by atoms with Gasteiger partial charge in [0.05, 0.1) is 6.04 Å². The topological polar surface area (TPSA) is 65.1 Å². The lowest BCUT2D eigenvalue weighted by Gasteiger charge is -2.17. The van der Waals surface area contributed by atoms with E-state index in [4.69, 9.17) is 10.6 Å². The van der Waals surface area contributed by atoms with E-state index in [2.05, 4.69) is 28.8 Å². The first kappa shape index (κ1) is 14.2. The maximum absolute atomic E-state index is 5.58. The molecule has 0 saturated carbocycles. The molecule has 5 heteroatoms. The van der Waals surface area contributed by atoms with Gasteiger partial charge in [-0.15, -0.1) is 0 Å². The number of nitrogens with one attached hydrogen (secondary N) is 1. The Labute approximate surface area is 103 Å². The second-order valence-electron chi connectivity index (χ2n) is 4.10. The number of hydrogen-bond acceptors (Lipinski definition) is 4. The maximum atomic E-state index is 5.58. The standard InChI is InChI=1S/C12H24N4O/c1-3-7-16-8-6-14-12(16)11(15-13)5-10-17-9-4-2/h6,8,11,15H,3-5,7,9-10,13H2,1-2H3. The third kappa shape index (κ3) is 4.46. The average Bonchev–Trinajstić information content (AvgIpc) is 2.78. The van der Waals surface area contributed by atoms with E-state index in [9.17, 15) is 0 Å². The zero-order valence-electron chi connectivity index (χ0n) is 10.9. The molecular weight excluding hydrogens is 216 g/mol. The lowest BCUT2D eigenvalue weighted by Crippen LogP contribution is -2.31. The molecule has 0 amide bonds. The van der Waals surface area contributed by atoms with Gasteiger partial charge in [-0.2, -0.15) is 0 Å². The Balaban J connectivity index is 2.50. The van der Waals surface area contributed by atoms with Gasteiger partial charge < -0.3 is 9.30 Å². The SMILES string of the molecule is CCCOCCC(NN)c1nccn1CCC. The first-order valence-electron chi connectivity index (χ1n) is 6.38. The van der Waals surface area contributed by atoms with Crippen LogP contribution in [0, 0.1) is 0 Å². The van der Waals surface area contributed by atoms with Crippen LogP contribution >= 0.6 is 0 Å². The van der Waals surface area contributed by atoms with Gasteiger partial charge in [0.25, 0.3) is 0 Å².